The molecule has 18 heavy (non-hydrogen) atoms. The average Bonchev–Trinajstić information content (AvgIpc) is 2.30. The van der Waals surface area contributed by atoms with E-state index in [1.165, 1.54) is 6.92 Å². The Morgan fingerprint density at radius 1 is 1.44 bits per heavy atom. The Morgan fingerprint density at radius 2 is 2.11 bits per heavy atom. The van der Waals surface area contributed by atoms with Gasteiger partial charge in [0, 0.05) is 17.9 Å². The van der Waals surface area contributed by atoms with Gasteiger partial charge in [0.25, 0.3) is 0 Å². The lowest BCUT2D eigenvalue weighted by atomic mass is 9.98. The molecule has 3 N–H and O–H groups in total. The maximum atomic E-state index is 10.7. The highest BCUT2D eigenvalue weighted by Crippen LogP contribution is 2.25. The molecule has 1 aromatic carbocycles. The SMILES string of the molecule is CC(=O)NCCC(O)C(O)c1cc(Br)ccc1C. The molecule has 0 bridgehead atoms. The Bertz CT molecular complexity index is 423. The summed E-state index contributed by atoms with van der Waals surface area (Å²) in [5.41, 5.74) is 1.61. The van der Waals surface area contributed by atoms with E-state index >= 15 is 0 Å². The molecule has 100 valence electrons. The fourth-order valence-electron chi connectivity index (χ4n) is 1.69. The number of amides is 1. The van der Waals surface area contributed by atoms with Crippen molar-refractivity contribution in [2.24, 2.45) is 0 Å². The summed E-state index contributed by atoms with van der Waals surface area (Å²) < 4.78 is 0.858. The van der Waals surface area contributed by atoms with E-state index in [1.54, 1.807) is 6.07 Å². The van der Waals surface area contributed by atoms with E-state index < -0.39 is 12.2 Å². The van der Waals surface area contributed by atoms with Gasteiger partial charge in [0.1, 0.15) is 6.10 Å². The van der Waals surface area contributed by atoms with Gasteiger partial charge in [0.15, 0.2) is 0 Å². The molecule has 2 unspecified atom stereocenters. The molecule has 2 atom stereocenters. The molecular weight excluding hydrogens is 298 g/mol. The number of nitrogens with one attached hydrogen (secondary N) is 1. The molecule has 1 amide bonds. The molecule has 0 saturated heterocycles. The molecule has 0 saturated carbocycles. The molecule has 0 radical (unpaired) electrons. The minimum atomic E-state index is -0.948. The summed E-state index contributed by atoms with van der Waals surface area (Å²) in [6.45, 7) is 3.65. The minimum absolute atomic E-state index is 0.143. The number of halogens is 1. The highest BCUT2D eigenvalue weighted by atomic mass is 79.9. The Balaban J connectivity index is 2.64. The molecular formula is C13H18BrNO3. The number of hydrogen-bond donors (Lipinski definition) is 3. The first kappa shape index (κ1) is 15.1. The van der Waals surface area contributed by atoms with Crippen LogP contribution in [0.15, 0.2) is 22.7 Å². The maximum absolute atomic E-state index is 10.7. The highest BCUT2D eigenvalue weighted by Gasteiger charge is 2.20. The molecule has 0 aromatic heterocycles. The topological polar surface area (TPSA) is 69.6 Å². The van der Waals surface area contributed by atoms with Gasteiger partial charge >= 0.3 is 0 Å². The third-order valence-corrected chi connectivity index (χ3v) is 3.23. The third-order valence-electron chi connectivity index (χ3n) is 2.74. The van der Waals surface area contributed by atoms with Gasteiger partial charge in [0.05, 0.1) is 6.10 Å². The zero-order chi connectivity index (χ0) is 13.7. The Kier molecular flexibility index (Phi) is 5.78. The monoisotopic (exact) mass is 315 g/mol. The van der Waals surface area contributed by atoms with Crippen LogP contribution in [0.3, 0.4) is 0 Å². The second-order valence-corrected chi connectivity index (χ2v) is 5.20. The van der Waals surface area contributed by atoms with Crippen LogP contribution in [0.1, 0.15) is 30.6 Å². The zero-order valence-electron chi connectivity index (χ0n) is 10.5. The lowest BCUT2D eigenvalue weighted by Gasteiger charge is -2.20. The van der Waals surface area contributed by atoms with E-state index in [1.807, 2.05) is 19.1 Å². The van der Waals surface area contributed by atoms with Crippen LogP contribution in [-0.4, -0.2) is 28.8 Å². The molecule has 1 rings (SSSR count). The maximum Gasteiger partial charge on any atom is 0.216 e. The fourth-order valence-corrected chi connectivity index (χ4v) is 2.07. The van der Waals surface area contributed by atoms with Crippen molar-refractivity contribution >= 4 is 21.8 Å². The number of benzene rings is 1. The third kappa shape index (κ3) is 4.40. The summed E-state index contributed by atoms with van der Waals surface area (Å²) in [7, 11) is 0. The first-order chi connectivity index (χ1) is 8.41. The van der Waals surface area contributed by atoms with Crippen LogP contribution in [0.5, 0.6) is 0 Å². The molecule has 0 fully saturated rings. The van der Waals surface area contributed by atoms with Crippen LogP contribution < -0.4 is 5.32 Å². The summed E-state index contributed by atoms with van der Waals surface area (Å²) in [6.07, 6.45) is -1.53. The molecule has 0 spiro atoms. The van der Waals surface area contributed by atoms with Gasteiger partial charge in [-0.15, -0.1) is 0 Å². The van der Waals surface area contributed by atoms with Gasteiger partial charge < -0.3 is 15.5 Å². The number of carbonyl (C=O) groups is 1. The summed E-state index contributed by atoms with van der Waals surface area (Å²) >= 11 is 3.34. The van der Waals surface area contributed by atoms with E-state index in [2.05, 4.69) is 21.2 Å². The molecule has 0 aliphatic heterocycles. The highest BCUT2D eigenvalue weighted by molar-refractivity contribution is 9.10. The van der Waals surface area contributed by atoms with Crippen molar-refractivity contribution in [2.75, 3.05) is 6.54 Å². The lowest BCUT2D eigenvalue weighted by Crippen LogP contribution is -2.27. The second kappa shape index (κ2) is 6.87. The van der Waals surface area contributed by atoms with Crippen LogP contribution in [-0.2, 0) is 4.79 Å². The summed E-state index contributed by atoms with van der Waals surface area (Å²) in [6, 6.07) is 5.56. The van der Waals surface area contributed by atoms with E-state index in [0.717, 1.165) is 10.0 Å². The van der Waals surface area contributed by atoms with E-state index in [9.17, 15) is 15.0 Å². The van der Waals surface area contributed by atoms with Gasteiger partial charge in [0.2, 0.25) is 5.91 Å². The van der Waals surface area contributed by atoms with Gasteiger partial charge in [-0.3, -0.25) is 4.79 Å². The smallest absolute Gasteiger partial charge is 0.216 e. The van der Waals surface area contributed by atoms with E-state index in [0.29, 0.717) is 18.5 Å². The van der Waals surface area contributed by atoms with Crippen molar-refractivity contribution in [1.82, 2.24) is 5.32 Å². The van der Waals surface area contributed by atoms with E-state index in [4.69, 9.17) is 0 Å². The first-order valence-corrected chi connectivity index (χ1v) is 6.57. The van der Waals surface area contributed by atoms with Crippen molar-refractivity contribution in [1.29, 1.82) is 0 Å². The second-order valence-electron chi connectivity index (χ2n) is 4.28. The van der Waals surface area contributed by atoms with Crippen LogP contribution >= 0.6 is 15.9 Å². The van der Waals surface area contributed by atoms with Crippen molar-refractivity contribution in [2.45, 2.75) is 32.5 Å². The van der Waals surface area contributed by atoms with Gasteiger partial charge in [-0.1, -0.05) is 22.0 Å². The summed E-state index contributed by atoms with van der Waals surface area (Å²) in [5.74, 6) is -0.143. The number of hydrogen-bond acceptors (Lipinski definition) is 3. The molecule has 0 heterocycles. The van der Waals surface area contributed by atoms with Crippen molar-refractivity contribution in [3.63, 3.8) is 0 Å². The van der Waals surface area contributed by atoms with E-state index in [-0.39, 0.29) is 5.91 Å². The van der Waals surface area contributed by atoms with Crippen LogP contribution in [0.2, 0.25) is 0 Å². The standard InChI is InChI=1S/C13H18BrNO3/c1-8-3-4-10(14)7-11(8)13(18)12(17)5-6-15-9(2)16/h3-4,7,12-13,17-18H,5-6H2,1-2H3,(H,15,16). The summed E-state index contributed by atoms with van der Waals surface area (Å²) in [4.78, 5) is 10.7. The van der Waals surface area contributed by atoms with Crippen molar-refractivity contribution in [3.05, 3.63) is 33.8 Å². The number of aryl methyl sites for hydroxylation is 1. The van der Waals surface area contributed by atoms with Crippen LogP contribution in [0.4, 0.5) is 0 Å². The number of rotatable bonds is 5. The number of aliphatic hydroxyl groups excluding tert-OH is 2. The zero-order valence-corrected chi connectivity index (χ0v) is 12.1. The largest absolute Gasteiger partial charge is 0.390 e. The predicted molar refractivity (Wildman–Crippen MR) is 73.1 cm³/mol. The summed E-state index contributed by atoms with van der Waals surface area (Å²) in [5, 5.41) is 22.5. The van der Waals surface area contributed by atoms with Crippen LogP contribution in [0.25, 0.3) is 0 Å². The normalized spacial score (nSPS) is 14.1. The molecule has 0 aliphatic rings. The predicted octanol–water partition coefficient (Wildman–Crippen LogP) is 1.68. The fraction of sp³-hybridized carbons (Fsp3) is 0.462. The van der Waals surface area contributed by atoms with Crippen LogP contribution in [0, 0.1) is 6.92 Å². The van der Waals surface area contributed by atoms with Gasteiger partial charge in [-0.2, -0.15) is 0 Å². The van der Waals surface area contributed by atoms with Crippen molar-refractivity contribution < 1.29 is 15.0 Å². The number of carbonyl (C=O) groups excluding carboxylic acids is 1. The minimum Gasteiger partial charge on any atom is -0.390 e. The van der Waals surface area contributed by atoms with Crippen molar-refractivity contribution in [3.8, 4) is 0 Å². The lowest BCUT2D eigenvalue weighted by molar-refractivity contribution is -0.119. The Labute approximate surface area is 115 Å². The molecule has 5 heteroatoms. The van der Waals surface area contributed by atoms with Gasteiger partial charge in [-0.25, -0.2) is 0 Å². The molecule has 4 nitrogen and oxygen atoms in total. The Hall–Kier alpha value is -0.910. The number of aliphatic hydroxyl groups is 2. The first-order valence-electron chi connectivity index (χ1n) is 5.78. The molecule has 0 aliphatic carbocycles. The molecule has 1 aromatic rings. The van der Waals surface area contributed by atoms with Gasteiger partial charge in [-0.05, 0) is 36.6 Å². The Morgan fingerprint density at radius 3 is 2.72 bits per heavy atom. The average molecular weight is 316 g/mol. The quantitative estimate of drug-likeness (QED) is 0.774.